The number of carbonyl (C=O) groups is 2. The first kappa shape index (κ1) is 13.9. The van der Waals surface area contributed by atoms with Gasteiger partial charge in [-0.2, -0.15) is 0 Å². The van der Waals surface area contributed by atoms with Gasteiger partial charge < -0.3 is 15.5 Å². The van der Waals surface area contributed by atoms with Gasteiger partial charge in [0.25, 0.3) is 0 Å². The molecule has 0 saturated heterocycles. The number of hydrogen-bond acceptors (Lipinski definition) is 3. The number of amides is 2. The van der Waals surface area contributed by atoms with Crippen LogP contribution in [0.3, 0.4) is 0 Å². The average Bonchev–Trinajstić information content (AvgIpc) is 2.16. The predicted molar refractivity (Wildman–Crippen MR) is 59.5 cm³/mol. The summed E-state index contributed by atoms with van der Waals surface area (Å²) in [6, 6.07) is -0.443. The van der Waals surface area contributed by atoms with Crippen molar-refractivity contribution < 1.29 is 9.59 Å². The summed E-state index contributed by atoms with van der Waals surface area (Å²) in [5.41, 5.74) is 0. The molecule has 0 aliphatic heterocycles. The van der Waals surface area contributed by atoms with E-state index in [1.54, 1.807) is 21.0 Å². The summed E-state index contributed by atoms with van der Waals surface area (Å²) in [4.78, 5) is 24.2. The van der Waals surface area contributed by atoms with E-state index in [1.807, 2.05) is 7.05 Å². The van der Waals surface area contributed by atoms with Gasteiger partial charge in [-0.05, 0) is 26.9 Å². The van der Waals surface area contributed by atoms with E-state index in [0.29, 0.717) is 6.42 Å². The third-order valence-electron chi connectivity index (χ3n) is 2.02. The van der Waals surface area contributed by atoms with Crippen molar-refractivity contribution >= 4 is 11.8 Å². The first-order valence-electron chi connectivity index (χ1n) is 5.14. The van der Waals surface area contributed by atoms with Crippen LogP contribution < -0.4 is 10.6 Å². The molecule has 1 atom stereocenters. The zero-order chi connectivity index (χ0) is 11.8. The van der Waals surface area contributed by atoms with Crippen molar-refractivity contribution in [1.29, 1.82) is 0 Å². The van der Waals surface area contributed by atoms with E-state index in [0.717, 1.165) is 13.0 Å². The van der Waals surface area contributed by atoms with E-state index in [-0.39, 0.29) is 11.8 Å². The summed E-state index contributed by atoms with van der Waals surface area (Å²) >= 11 is 0. The van der Waals surface area contributed by atoms with Crippen LogP contribution in [0.4, 0.5) is 0 Å². The van der Waals surface area contributed by atoms with Crippen LogP contribution in [0.5, 0.6) is 0 Å². The normalized spacial score (nSPS) is 12.0. The topological polar surface area (TPSA) is 61.4 Å². The van der Waals surface area contributed by atoms with Gasteiger partial charge in [0.1, 0.15) is 6.04 Å². The van der Waals surface area contributed by atoms with Crippen LogP contribution in [0.25, 0.3) is 0 Å². The predicted octanol–water partition coefficient (Wildman–Crippen LogP) is -0.421. The number of nitrogens with one attached hydrogen (secondary N) is 2. The molecule has 0 rings (SSSR count). The highest BCUT2D eigenvalue weighted by Crippen LogP contribution is 1.92. The van der Waals surface area contributed by atoms with Gasteiger partial charge in [-0.1, -0.05) is 0 Å². The van der Waals surface area contributed by atoms with Crippen molar-refractivity contribution in [2.24, 2.45) is 0 Å². The van der Waals surface area contributed by atoms with Crippen molar-refractivity contribution in [1.82, 2.24) is 15.5 Å². The average molecular weight is 215 g/mol. The second-order valence-corrected chi connectivity index (χ2v) is 3.73. The Morgan fingerprint density at radius 2 is 1.93 bits per heavy atom. The Hall–Kier alpha value is -1.10. The summed E-state index contributed by atoms with van der Waals surface area (Å²) in [6.07, 6.45) is 1.23. The van der Waals surface area contributed by atoms with Gasteiger partial charge in [-0.25, -0.2) is 0 Å². The van der Waals surface area contributed by atoms with E-state index in [9.17, 15) is 9.59 Å². The molecule has 0 fully saturated rings. The van der Waals surface area contributed by atoms with Gasteiger partial charge in [-0.3, -0.25) is 9.59 Å². The molecule has 0 aliphatic carbocycles. The van der Waals surface area contributed by atoms with E-state index in [1.165, 1.54) is 4.90 Å². The molecule has 2 N–H and O–H groups in total. The number of carbonyl (C=O) groups excluding carboxylic acids is 2. The number of hydrogen-bond donors (Lipinski definition) is 2. The molecule has 2 amide bonds. The number of likely N-dealkylation sites (N-methyl/N-ethyl adjacent to an activating group) is 1. The summed E-state index contributed by atoms with van der Waals surface area (Å²) in [7, 11) is 5.19. The fourth-order valence-electron chi connectivity index (χ4n) is 1.19. The summed E-state index contributed by atoms with van der Waals surface area (Å²) in [5, 5.41) is 5.62. The highest BCUT2D eigenvalue weighted by Gasteiger charge is 2.16. The number of nitrogens with zero attached hydrogens (tertiary/aromatic N) is 1. The molecule has 15 heavy (non-hydrogen) atoms. The second-order valence-electron chi connectivity index (χ2n) is 3.73. The smallest absolute Gasteiger partial charge is 0.244 e. The summed E-state index contributed by atoms with van der Waals surface area (Å²) < 4.78 is 0. The molecule has 0 spiro atoms. The van der Waals surface area contributed by atoms with Crippen LogP contribution in [-0.4, -0.2) is 50.4 Å². The molecular formula is C10H21N3O2. The maximum Gasteiger partial charge on any atom is 0.244 e. The highest BCUT2D eigenvalue weighted by atomic mass is 16.2. The maximum absolute atomic E-state index is 11.4. The molecule has 88 valence electrons. The first-order valence-corrected chi connectivity index (χ1v) is 5.14. The van der Waals surface area contributed by atoms with Gasteiger partial charge in [0.15, 0.2) is 0 Å². The number of rotatable bonds is 6. The summed E-state index contributed by atoms with van der Waals surface area (Å²) in [5.74, 6) is -0.162. The molecule has 0 saturated carbocycles. The monoisotopic (exact) mass is 215 g/mol. The molecule has 5 nitrogen and oxygen atoms in total. The maximum atomic E-state index is 11.4. The first-order chi connectivity index (χ1) is 6.99. The molecule has 0 aromatic heterocycles. The van der Waals surface area contributed by atoms with Crippen LogP contribution in [0.15, 0.2) is 0 Å². The van der Waals surface area contributed by atoms with Crippen molar-refractivity contribution in [3.05, 3.63) is 0 Å². The lowest BCUT2D eigenvalue weighted by atomic mass is 10.2. The second kappa shape index (κ2) is 7.23. The molecule has 0 radical (unpaired) electrons. The van der Waals surface area contributed by atoms with Gasteiger partial charge in [0.2, 0.25) is 11.8 Å². The largest absolute Gasteiger partial charge is 0.347 e. The lowest BCUT2D eigenvalue weighted by Crippen LogP contribution is -2.44. The minimum atomic E-state index is -0.443. The zero-order valence-electron chi connectivity index (χ0n) is 9.96. The quantitative estimate of drug-likeness (QED) is 0.592. The Balaban J connectivity index is 3.81. The van der Waals surface area contributed by atoms with E-state index in [4.69, 9.17) is 0 Å². The van der Waals surface area contributed by atoms with Crippen molar-refractivity contribution in [2.75, 3.05) is 27.7 Å². The molecule has 1 unspecified atom stereocenters. The van der Waals surface area contributed by atoms with Crippen LogP contribution in [-0.2, 0) is 9.59 Å². The Labute approximate surface area is 91.2 Å². The van der Waals surface area contributed by atoms with Gasteiger partial charge in [0.05, 0.1) is 0 Å². The highest BCUT2D eigenvalue weighted by molar-refractivity contribution is 5.86. The Bertz CT molecular complexity index is 217. The molecule has 0 bridgehead atoms. The third kappa shape index (κ3) is 6.06. The molecule has 0 aromatic rings. The fourth-order valence-corrected chi connectivity index (χ4v) is 1.19. The van der Waals surface area contributed by atoms with Crippen molar-refractivity contribution in [2.45, 2.75) is 25.8 Å². The summed E-state index contributed by atoms with van der Waals surface area (Å²) in [6.45, 7) is 2.50. The minimum absolute atomic E-state index is 0.0760. The van der Waals surface area contributed by atoms with Gasteiger partial charge in [0, 0.05) is 20.5 Å². The Kier molecular flexibility index (Phi) is 6.70. The standard InChI is InChI=1S/C10H21N3O2/c1-8(10(15)13(3)4)12-9(14)6-5-7-11-2/h8,11H,5-7H2,1-4H3,(H,12,14). The molecule has 0 aromatic carbocycles. The molecule has 0 aliphatic rings. The fraction of sp³-hybridized carbons (Fsp3) is 0.800. The van der Waals surface area contributed by atoms with Gasteiger partial charge in [-0.15, -0.1) is 0 Å². The lowest BCUT2D eigenvalue weighted by molar-refractivity contribution is -0.133. The van der Waals surface area contributed by atoms with E-state index >= 15 is 0 Å². The van der Waals surface area contributed by atoms with Gasteiger partial charge >= 0.3 is 0 Å². The van der Waals surface area contributed by atoms with E-state index in [2.05, 4.69) is 10.6 Å². The Morgan fingerprint density at radius 3 is 2.40 bits per heavy atom. The molecule has 0 heterocycles. The minimum Gasteiger partial charge on any atom is -0.347 e. The zero-order valence-corrected chi connectivity index (χ0v) is 9.96. The molecule has 5 heteroatoms. The van der Waals surface area contributed by atoms with Crippen molar-refractivity contribution in [3.63, 3.8) is 0 Å². The SMILES string of the molecule is CNCCCC(=O)NC(C)C(=O)N(C)C. The van der Waals surface area contributed by atoms with Crippen molar-refractivity contribution in [3.8, 4) is 0 Å². The Morgan fingerprint density at radius 1 is 1.33 bits per heavy atom. The van der Waals surface area contributed by atoms with Crippen LogP contribution in [0.1, 0.15) is 19.8 Å². The van der Waals surface area contributed by atoms with E-state index < -0.39 is 6.04 Å². The lowest BCUT2D eigenvalue weighted by Gasteiger charge is -2.17. The molecular weight excluding hydrogens is 194 g/mol. The van der Waals surface area contributed by atoms with Crippen LogP contribution in [0.2, 0.25) is 0 Å². The van der Waals surface area contributed by atoms with Crippen LogP contribution in [0, 0.1) is 0 Å². The van der Waals surface area contributed by atoms with Crippen LogP contribution >= 0.6 is 0 Å². The third-order valence-corrected chi connectivity index (χ3v) is 2.02.